The van der Waals surface area contributed by atoms with Gasteiger partial charge in [-0.3, -0.25) is 4.90 Å². The summed E-state index contributed by atoms with van der Waals surface area (Å²) in [6.45, 7) is 6.91. The van der Waals surface area contributed by atoms with Crippen LogP contribution in [0.15, 0.2) is 47.0 Å². The van der Waals surface area contributed by atoms with Crippen LogP contribution in [0.1, 0.15) is 40.5 Å². The zero-order valence-corrected chi connectivity index (χ0v) is 15.8. The second kappa shape index (κ2) is 7.04. The van der Waals surface area contributed by atoms with Gasteiger partial charge in [-0.25, -0.2) is 9.78 Å². The van der Waals surface area contributed by atoms with Gasteiger partial charge in [0, 0.05) is 43.1 Å². The molecule has 1 aliphatic rings. The molecule has 0 unspecified atom stereocenters. The zero-order chi connectivity index (χ0) is 19.0. The molecule has 1 atom stereocenters. The molecule has 0 saturated heterocycles. The molecule has 27 heavy (non-hydrogen) atoms. The number of nitrogens with zero attached hydrogens (tertiary/aromatic N) is 3. The van der Waals surface area contributed by atoms with Crippen LogP contribution in [-0.4, -0.2) is 34.1 Å². The molecular formula is C21H23N3O3. The van der Waals surface area contributed by atoms with Crippen molar-refractivity contribution >= 4 is 5.97 Å². The number of ether oxygens (including phenoxy) is 1. The average molecular weight is 365 g/mol. The Bertz CT molecular complexity index is 955. The second-order valence-corrected chi connectivity index (χ2v) is 6.86. The molecular weight excluding hydrogens is 342 g/mol. The first-order valence-corrected chi connectivity index (χ1v) is 9.11. The average Bonchev–Trinajstić information content (AvgIpc) is 3.31. The number of aromatic nitrogens is 2. The van der Waals surface area contributed by atoms with Gasteiger partial charge in [0.15, 0.2) is 0 Å². The molecule has 0 amide bonds. The molecule has 3 heterocycles. The van der Waals surface area contributed by atoms with Crippen molar-refractivity contribution in [3.63, 3.8) is 0 Å². The van der Waals surface area contributed by atoms with Crippen LogP contribution >= 0.6 is 0 Å². The van der Waals surface area contributed by atoms with E-state index in [9.17, 15) is 4.79 Å². The summed E-state index contributed by atoms with van der Waals surface area (Å²) in [7, 11) is 1.37. The predicted octanol–water partition coefficient (Wildman–Crippen LogP) is 3.81. The van der Waals surface area contributed by atoms with Crippen molar-refractivity contribution in [2.24, 2.45) is 0 Å². The van der Waals surface area contributed by atoms with Crippen molar-refractivity contribution in [3.8, 4) is 11.5 Å². The zero-order valence-electron chi connectivity index (χ0n) is 15.8. The first-order chi connectivity index (χ1) is 13.1. The summed E-state index contributed by atoms with van der Waals surface area (Å²) in [6.07, 6.45) is 2.14. The summed E-state index contributed by atoms with van der Waals surface area (Å²) in [5, 5.41) is 0. The molecule has 1 aliphatic heterocycles. The molecule has 0 bridgehead atoms. The normalized spacial score (nSPS) is 16.9. The largest absolute Gasteiger partial charge is 0.465 e. The molecule has 0 N–H and O–H groups in total. The van der Waals surface area contributed by atoms with E-state index in [1.54, 1.807) is 12.1 Å². The molecule has 6 nitrogen and oxygen atoms in total. The maximum atomic E-state index is 11.6. The number of benzene rings is 1. The quantitative estimate of drug-likeness (QED) is 0.658. The third kappa shape index (κ3) is 3.28. The van der Waals surface area contributed by atoms with E-state index in [1.165, 1.54) is 12.8 Å². The first kappa shape index (κ1) is 17.5. The summed E-state index contributed by atoms with van der Waals surface area (Å²) < 4.78 is 12.9. The highest BCUT2D eigenvalue weighted by Crippen LogP contribution is 2.29. The number of rotatable bonds is 4. The van der Waals surface area contributed by atoms with Gasteiger partial charge in [0.25, 0.3) is 0 Å². The fraction of sp³-hybridized carbons (Fsp3) is 0.333. The van der Waals surface area contributed by atoms with E-state index in [2.05, 4.69) is 34.7 Å². The molecule has 2 aromatic heterocycles. The van der Waals surface area contributed by atoms with Gasteiger partial charge in [0.05, 0.1) is 18.4 Å². The smallest absolute Gasteiger partial charge is 0.337 e. The molecule has 0 aliphatic carbocycles. The molecule has 0 saturated carbocycles. The summed E-state index contributed by atoms with van der Waals surface area (Å²) >= 11 is 0. The Balaban J connectivity index is 1.53. The number of oxazole rings is 1. The fourth-order valence-electron chi connectivity index (χ4n) is 3.60. The highest BCUT2D eigenvalue weighted by Gasteiger charge is 2.25. The molecule has 140 valence electrons. The fourth-order valence-corrected chi connectivity index (χ4v) is 3.60. The van der Waals surface area contributed by atoms with Crippen LogP contribution in [0, 0.1) is 6.92 Å². The van der Waals surface area contributed by atoms with Crippen LogP contribution in [0.5, 0.6) is 0 Å². The molecule has 0 spiro atoms. The van der Waals surface area contributed by atoms with E-state index in [1.807, 2.05) is 19.1 Å². The number of carbonyl (C=O) groups is 1. The Labute approximate surface area is 158 Å². The van der Waals surface area contributed by atoms with Gasteiger partial charge in [-0.1, -0.05) is 0 Å². The van der Waals surface area contributed by atoms with E-state index in [0.717, 1.165) is 36.7 Å². The SMILES string of the molecule is COC(=O)c1ccc(-c2nc(CN3CCn4cccc4[C@@H]3C)c(C)o2)cc1. The van der Waals surface area contributed by atoms with Crippen LogP contribution < -0.4 is 0 Å². The third-order valence-corrected chi connectivity index (χ3v) is 5.27. The van der Waals surface area contributed by atoms with E-state index < -0.39 is 0 Å². The van der Waals surface area contributed by atoms with Gasteiger partial charge < -0.3 is 13.7 Å². The van der Waals surface area contributed by atoms with E-state index in [0.29, 0.717) is 17.5 Å². The number of esters is 1. The Morgan fingerprint density at radius 2 is 2.04 bits per heavy atom. The summed E-state index contributed by atoms with van der Waals surface area (Å²) in [4.78, 5) is 18.7. The number of hydrogen-bond donors (Lipinski definition) is 0. The highest BCUT2D eigenvalue weighted by atomic mass is 16.5. The Morgan fingerprint density at radius 1 is 1.26 bits per heavy atom. The van der Waals surface area contributed by atoms with Gasteiger partial charge in [-0.15, -0.1) is 0 Å². The Kier molecular flexibility index (Phi) is 4.58. The summed E-state index contributed by atoms with van der Waals surface area (Å²) in [5.74, 6) is 1.05. The number of aryl methyl sites for hydroxylation is 1. The first-order valence-electron chi connectivity index (χ1n) is 9.11. The predicted molar refractivity (Wildman–Crippen MR) is 101 cm³/mol. The maximum Gasteiger partial charge on any atom is 0.337 e. The topological polar surface area (TPSA) is 60.5 Å². The lowest BCUT2D eigenvalue weighted by Gasteiger charge is -2.34. The van der Waals surface area contributed by atoms with Gasteiger partial charge in [0.2, 0.25) is 5.89 Å². The highest BCUT2D eigenvalue weighted by molar-refractivity contribution is 5.89. The minimum Gasteiger partial charge on any atom is -0.465 e. The van der Waals surface area contributed by atoms with Crippen molar-refractivity contribution < 1.29 is 13.9 Å². The minimum absolute atomic E-state index is 0.340. The minimum atomic E-state index is -0.352. The number of methoxy groups -OCH3 is 1. The van der Waals surface area contributed by atoms with E-state index in [-0.39, 0.29) is 5.97 Å². The molecule has 1 aromatic carbocycles. The van der Waals surface area contributed by atoms with Gasteiger partial charge in [-0.05, 0) is 50.2 Å². The number of fused-ring (bicyclic) bond motifs is 1. The standard InChI is InChI=1S/C21H23N3O3/c1-14-19-5-4-10-23(19)11-12-24(14)13-18-15(2)27-20(22-18)16-6-8-17(9-7-16)21(25)26-3/h4-10,14H,11-13H2,1-3H3/t14-/m0/s1. The summed E-state index contributed by atoms with van der Waals surface area (Å²) in [6, 6.07) is 11.7. The Hall–Kier alpha value is -2.86. The van der Waals surface area contributed by atoms with Crippen molar-refractivity contribution in [1.82, 2.24) is 14.5 Å². The van der Waals surface area contributed by atoms with Crippen molar-refractivity contribution in [2.75, 3.05) is 13.7 Å². The third-order valence-electron chi connectivity index (χ3n) is 5.27. The van der Waals surface area contributed by atoms with Crippen LogP contribution in [0.3, 0.4) is 0 Å². The van der Waals surface area contributed by atoms with Crippen molar-refractivity contribution in [3.05, 3.63) is 65.3 Å². The van der Waals surface area contributed by atoms with Crippen LogP contribution in [0.4, 0.5) is 0 Å². The lowest BCUT2D eigenvalue weighted by Crippen LogP contribution is -2.36. The van der Waals surface area contributed by atoms with E-state index in [4.69, 9.17) is 14.1 Å². The van der Waals surface area contributed by atoms with Gasteiger partial charge in [-0.2, -0.15) is 0 Å². The summed E-state index contributed by atoms with van der Waals surface area (Å²) in [5.41, 5.74) is 3.64. The Morgan fingerprint density at radius 3 is 2.78 bits per heavy atom. The van der Waals surface area contributed by atoms with Crippen molar-refractivity contribution in [1.29, 1.82) is 0 Å². The van der Waals surface area contributed by atoms with Crippen molar-refractivity contribution in [2.45, 2.75) is 33.0 Å². The molecule has 4 rings (SSSR count). The second-order valence-electron chi connectivity index (χ2n) is 6.86. The van der Waals surface area contributed by atoms with E-state index >= 15 is 0 Å². The lowest BCUT2D eigenvalue weighted by molar-refractivity contribution is 0.0600. The molecule has 6 heteroatoms. The monoisotopic (exact) mass is 365 g/mol. The lowest BCUT2D eigenvalue weighted by atomic mass is 10.1. The van der Waals surface area contributed by atoms with Crippen LogP contribution in [0.25, 0.3) is 11.5 Å². The number of carbonyl (C=O) groups excluding carboxylic acids is 1. The van der Waals surface area contributed by atoms with Crippen LogP contribution in [0.2, 0.25) is 0 Å². The van der Waals surface area contributed by atoms with Gasteiger partial charge in [0.1, 0.15) is 5.76 Å². The van der Waals surface area contributed by atoms with Gasteiger partial charge >= 0.3 is 5.97 Å². The molecule has 0 radical (unpaired) electrons. The molecule has 3 aromatic rings. The maximum absolute atomic E-state index is 11.6. The molecule has 0 fully saturated rings. The van der Waals surface area contributed by atoms with Crippen LogP contribution in [-0.2, 0) is 17.8 Å². The number of hydrogen-bond acceptors (Lipinski definition) is 5.